The Morgan fingerprint density at radius 3 is 2.30 bits per heavy atom. The van der Waals surface area contributed by atoms with Crippen LogP contribution in [0.1, 0.15) is 20.8 Å². The molecule has 2 aromatic heterocycles. The summed E-state index contributed by atoms with van der Waals surface area (Å²) in [4.78, 5) is 14.0. The number of thiophene rings is 2. The number of hydrogen-bond donors (Lipinski definition) is 0. The molecule has 1 nitrogen and oxygen atoms in total. The van der Waals surface area contributed by atoms with Crippen molar-refractivity contribution in [3.8, 4) is 20.9 Å². The Hall–Kier alpha value is -1.71. The van der Waals surface area contributed by atoms with Crippen LogP contribution < -0.4 is 0 Å². The largest absolute Gasteiger partial charge is 0.297 e. The van der Waals surface area contributed by atoms with E-state index in [2.05, 4.69) is 43.5 Å². The van der Waals surface area contributed by atoms with Crippen LogP contribution in [0.5, 0.6) is 0 Å². The third-order valence-corrected chi connectivity index (χ3v) is 5.27. The average molecular weight is 298 g/mol. The summed E-state index contributed by atoms with van der Waals surface area (Å²) < 4.78 is 0. The summed E-state index contributed by atoms with van der Waals surface area (Å²) in [6, 6.07) is 12.6. The second-order valence-electron chi connectivity index (χ2n) is 4.78. The standard InChI is InChI=1S/C17H14OS2/c1-11-8-13(15-6-5-14(10-18)20-15)9-12(2)17(11)16-4-3-7-19-16/h3-10H,1-2H3. The van der Waals surface area contributed by atoms with Crippen LogP contribution in [0.2, 0.25) is 0 Å². The highest BCUT2D eigenvalue weighted by atomic mass is 32.1. The van der Waals surface area contributed by atoms with E-state index in [0.717, 1.165) is 16.0 Å². The van der Waals surface area contributed by atoms with E-state index in [1.165, 1.54) is 27.1 Å². The molecular weight excluding hydrogens is 284 g/mol. The fraction of sp³-hybridized carbons (Fsp3) is 0.118. The lowest BCUT2D eigenvalue weighted by atomic mass is 9.97. The summed E-state index contributed by atoms with van der Waals surface area (Å²) in [5.41, 5.74) is 5.08. The number of aldehydes is 1. The molecule has 1 aromatic carbocycles. The quantitative estimate of drug-likeness (QED) is 0.577. The van der Waals surface area contributed by atoms with Crippen LogP contribution in [0.15, 0.2) is 41.8 Å². The third-order valence-electron chi connectivity index (χ3n) is 3.33. The SMILES string of the molecule is Cc1cc(-c2ccc(C=O)s2)cc(C)c1-c1cccs1. The molecule has 0 saturated carbocycles. The zero-order chi connectivity index (χ0) is 14.1. The van der Waals surface area contributed by atoms with Crippen molar-refractivity contribution in [2.24, 2.45) is 0 Å². The molecule has 0 N–H and O–H groups in total. The molecule has 0 unspecified atom stereocenters. The molecule has 0 aliphatic carbocycles. The van der Waals surface area contributed by atoms with Gasteiger partial charge < -0.3 is 0 Å². The number of benzene rings is 1. The normalized spacial score (nSPS) is 10.7. The molecule has 3 rings (SSSR count). The van der Waals surface area contributed by atoms with Crippen LogP contribution >= 0.6 is 22.7 Å². The minimum atomic E-state index is 0.776. The molecule has 0 aliphatic heterocycles. The molecule has 0 bridgehead atoms. The van der Waals surface area contributed by atoms with Crippen molar-refractivity contribution in [3.63, 3.8) is 0 Å². The maximum Gasteiger partial charge on any atom is 0.160 e. The number of rotatable bonds is 3. The van der Waals surface area contributed by atoms with Crippen molar-refractivity contribution in [3.05, 3.63) is 57.8 Å². The molecular formula is C17H14OS2. The Kier molecular flexibility index (Phi) is 3.55. The fourth-order valence-electron chi connectivity index (χ4n) is 2.49. The van der Waals surface area contributed by atoms with Gasteiger partial charge in [0, 0.05) is 9.75 Å². The first-order valence-corrected chi connectivity index (χ1v) is 8.09. The van der Waals surface area contributed by atoms with Gasteiger partial charge in [-0.3, -0.25) is 4.79 Å². The lowest BCUT2D eigenvalue weighted by Crippen LogP contribution is -1.87. The Bertz CT molecular complexity index is 728. The van der Waals surface area contributed by atoms with Crippen molar-refractivity contribution in [2.75, 3.05) is 0 Å². The number of carbonyl (C=O) groups excluding carboxylic acids is 1. The monoisotopic (exact) mass is 298 g/mol. The van der Waals surface area contributed by atoms with Gasteiger partial charge in [0.15, 0.2) is 6.29 Å². The molecule has 0 radical (unpaired) electrons. The molecule has 2 heterocycles. The third kappa shape index (κ3) is 2.35. The van der Waals surface area contributed by atoms with Gasteiger partial charge in [0.25, 0.3) is 0 Å². The van der Waals surface area contributed by atoms with Crippen LogP contribution in [0.4, 0.5) is 0 Å². The van der Waals surface area contributed by atoms with Crippen LogP contribution in [0.3, 0.4) is 0 Å². The van der Waals surface area contributed by atoms with Gasteiger partial charge in [0.2, 0.25) is 0 Å². The molecule has 0 atom stereocenters. The first-order valence-electron chi connectivity index (χ1n) is 6.39. The molecule has 0 saturated heterocycles. The van der Waals surface area contributed by atoms with Crippen molar-refractivity contribution < 1.29 is 4.79 Å². The number of aryl methyl sites for hydroxylation is 2. The minimum Gasteiger partial charge on any atom is -0.297 e. The average Bonchev–Trinajstić information content (AvgIpc) is 3.09. The van der Waals surface area contributed by atoms with Gasteiger partial charge in [-0.25, -0.2) is 0 Å². The van der Waals surface area contributed by atoms with E-state index < -0.39 is 0 Å². The van der Waals surface area contributed by atoms with Crippen molar-refractivity contribution in [1.82, 2.24) is 0 Å². The lowest BCUT2D eigenvalue weighted by molar-refractivity contribution is 0.112. The summed E-state index contributed by atoms with van der Waals surface area (Å²) in [6.07, 6.45) is 0.911. The van der Waals surface area contributed by atoms with Gasteiger partial charge >= 0.3 is 0 Å². The predicted molar refractivity (Wildman–Crippen MR) is 87.9 cm³/mol. The molecule has 0 fully saturated rings. The Morgan fingerprint density at radius 2 is 1.75 bits per heavy atom. The first kappa shape index (κ1) is 13.3. The van der Waals surface area contributed by atoms with Gasteiger partial charge in [0.05, 0.1) is 4.88 Å². The van der Waals surface area contributed by atoms with Gasteiger partial charge in [-0.1, -0.05) is 6.07 Å². The summed E-state index contributed by atoms with van der Waals surface area (Å²) in [7, 11) is 0. The van der Waals surface area contributed by atoms with E-state index in [4.69, 9.17) is 0 Å². The van der Waals surface area contributed by atoms with E-state index in [9.17, 15) is 4.79 Å². The second-order valence-corrected chi connectivity index (χ2v) is 6.85. The molecule has 0 amide bonds. The maximum absolute atomic E-state index is 10.8. The molecule has 20 heavy (non-hydrogen) atoms. The first-order chi connectivity index (χ1) is 9.69. The summed E-state index contributed by atoms with van der Waals surface area (Å²) in [5.74, 6) is 0. The fourth-order valence-corrected chi connectivity index (χ4v) is 4.20. The van der Waals surface area contributed by atoms with E-state index in [1.54, 1.807) is 22.7 Å². The summed E-state index contributed by atoms with van der Waals surface area (Å²) in [6.45, 7) is 4.31. The van der Waals surface area contributed by atoms with Crippen LogP contribution in [-0.4, -0.2) is 6.29 Å². The zero-order valence-corrected chi connectivity index (χ0v) is 13.0. The van der Waals surface area contributed by atoms with Crippen molar-refractivity contribution in [1.29, 1.82) is 0 Å². The highest BCUT2D eigenvalue weighted by molar-refractivity contribution is 7.17. The van der Waals surface area contributed by atoms with E-state index in [-0.39, 0.29) is 0 Å². The second kappa shape index (κ2) is 5.35. The smallest absolute Gasteiger partial charge is 0.160 e. The van der Waals surface area contributed by atoms with Crippen molar-refractivity contribution in [2.45, 2.75) is 13.8 Å². The van der Waals surface area contributed by atoms with E-state index >= 15 is 0 Å². The molecule has 0 aliphatic rings. The lowest BCUT2D eigenvalue weighted by Gasteiger charge is -2.10. The van der Waals surface area contributed by atoms with Gasteiger partial charge in [-0.05, 0) is 71.8 Å². The summed E-state index contributed by atoms with van der Waals surface area (Å²) in [5, 5.41) is 2.11. The van der Waals surface area contributed by atoms with Crippen molar-refractivity contribution >= 4 is 29.0 Å². The van der Waals surface area contributed by atoms with Gasteiger partial charge in [-0.2, -0.15) is 0 Å². The zero-order valence-electron chi connectivity index (χ0n) is 11.3. The van der Waals surface area contributed by atoms with Gasteiger partial charge in [0.1, 0.15) is 0 Å². The molecule has 3 heteroatoms. The molecule has 0 spiro atoms. The predicted octanol–water partition coefficient (Wildman–Crippen LogP) is 5.57. The minimum absolute atomic E-state index is 0.776. The van der Waals surface area contributed by atoms with Gasteiger partial charge in [-0.15, -0.1) is 22.7 Å². The van der Waals surface area contributed by atoms with Crippen LogP contribution in [-0.2, 0) is 0 Å². The highest BCUT2D eigenvalue weighted by Crippen LogP contribution is 2.36. The number of carbonyl (C=O) groups is 1. The van der Waals surface area contributed by atoms with Crippen LogP contribution in [0, 0.1) is 13.8 Å². The van der Waals surface area contributed by atoms with E-state index in [1.807, 2.05) is 12.1 Å². The van der Waals surface area contributed by atoms with E-state index in [0.29, 0.717) is 0 Å². The molecule has 100 valence electrons. The highest BCUT2D eigenvalue weighted by Gasteiger charge is 2.10. The number of hydrogen-bond acceptors (Lipinski definition) is 3. The Balaban J connectivity index is 2.10. The van der Waals surface area contributed by atoms with Crippen LogP contribution in [0.25, 0.3) is 20.9 Å². The topological polar surface area (TPSA) is 17.1 Å². The summed E-state index contributed by atoms with van der Waals surface area (Å²) >= 11 is 3.31. The molecule has 3 aromatic rings. The Labute approximate surface area is 126 Å². The maximum atomic E-state index is 10.8. The Morgan fingerprint density at radius 1 is 1.00 bits per heavy atom.